The van der Waals surface area contributed by atoms with E-state index < -0.39 is 5.92 Å². The summed E-state index contributed by atoms with van der Waals surface area (Å²) >= 11 is 1.23. The van der Waals surface area contributed by atoms with Gasteiger partial charge in [0.05, 0.1) is 22.2 Å². The molecule has 0 aromatic carbocycles. The SMILES string of the molecule is N#CC(C(=O)c1cncs1)c1ccccn1. The minimum absolute atomic E-state index is 0.247. The Balaban J connectivity index is 2.32. The van der Waals surface area contributed by atoms with Gasteiger partial charge in [0.15, 0.2) is 11.7 Å². The monoisotopic (exact) mass is 229 g/mol. The number of hydrogen-bond acceptors (Lipinski definition) is 5. The Labute approximate surface area is 96.2 Å². The first-order chi connectivity index (χ1) is 7.83. The molecule has 78 valence electrons. The fourth-order valence-electron chi connectivity index (χ4n) is 1.29. The highest BCUT2D eigenvalue weighted by Gasteiger charge is 2.23. The Hall–Kier alpha value is -2.06. The van der Waals surface area contributed by atoms with Gasteiger partial charge in [-0.3, -0.25) is 14.8 Å². The predicted molar refractivity (Wildman–Crippen MR) is 59.0 cm³/mol. The highest BCUT2D eigenvalue weighted by molar-refractivity contribution is 7.11. The van der Waals surface area contributed by atoms with Crippen molar-refractivity contribution < 1.29 is 4.79 Å². The summed E-state index contributed by atoms with van der Waals surface area (Å²) in [5.74, 6) is -1.09. The predicted octanol–water partition coefficient (Wildman–Crippen LogP) is 2.03. The van der Waals surface area contributed by atoms with E-state index in [1.54, 1.807) is 29.9 Å². The van der Waals surface area contributed by atoms with Gasteiger partial charge in [-0.1, -0.05) is 6.07 Å². The minimum Gasteiger partial charge on any atom is -0.291 e. The smallest absolute Gasteiger partial charge is 0.197 e. The number of carbonyl (C=O) groups is 1. The lowest BCUT2D eigenvalue weighted by Gasteiger charge is -2.04. The van der Waals surface area contributed by atoms with Crippen LogP contribution in [0.3, 0.4) is 0 Å². The summed E-state index contributed by atoms with van der Waals surface area (Å²) in [6.07, 6.45) is 3.04. The number of Topliss-reactive ketones (excluding diaryl/α,β-unsaturated/α-hetero) is 1. The zero-order chi connectivity index (χ0) is 11.4. The van der Waals surface area contributed by atoms with E-state index in [2.05, 4.69) is 9.97 Å². The van der Waals surface area contributed by atoms with Crippen molar-refractivity contribution in [2.45, 2.75) is 5.92 Å². The number of pyridine rings is 1. The Bertz CT molecular complexity index is 516. The van der Waals surface area contributed by atoms with Gasteiger partial charge in [0.25, 0.3) is 0 Å². The number of hydrogen-bond donors (Lipinski definition) is 0. The fourth-order valence-corrected chi connectivity index (χ4v) is 1.88. The van der Waals surface area contributed by atoms with Crippen molar-refractivity contribution >= 4 is 17.1 Å². The van der Waals surface area contributed by atoms with E-state index in [1.165, 1.54) is 17.5 Å². The molecule has 0 saturated heterocycles. The third-order valence-corrected chi connectivity index (χ3v) is 2.84. The van der Waals surface area contributed by atoms with Crippen molar-refractivity contribution in [2.24, 2.45) is 0 Å². The van der Waals surface area contributed by atoms with E-state index >= 15 is 0 Å². The number of rotatable bonds is 3. The highest BCUT2D eigenvalue weighted by atomic mass is 32.1. The van der Waals surface area contributed by atoms with Crippen LogP contribution in [-0.4, -0.2) is 15.8 Å². The molecule has 0 radical (unpaired) electrons. The molecule has 2 aromatic rings. The summed E-state index contributed by atoms with van der Waals surface area (Å²) in [6.45, 7) is 0. The van der Waals surface area contributed by atoms with Crippen LogP contribution in [0.5, 0.6) is 0 Å². The van der Waals surface area contributed by atoms with Crippen LogP contribution in [0, 0.1) is 11.3 Å². The molecule has 0 saturated carbocycles. The molecule has 0 aliphatic heterocycles. The van der Waals surface area contributed by atoms with Gasteiger partial charge in [0, 0.05) is 12.4 Å². The van der Waals surface area contributed by atoms with E-state index in [0.29, 0.717) is 10.6 Å². The molecular formula is C11H7N3OS. The average molecular weight is 229 g/mol. The topological polar surface area (TPSA) is 66.6 Å². The van der Waals surface area contributed by atoms with Crippen molar-refractivity contribution in [3.8, 4) is 6.07 Å². The third kappa shape index (κ3) is 1.97. The lowest BCUT2D eigenvalue weighted by Crippen LogP contribution is -2.11. The van der Waals surface area contributed by atoms with Crippen molar-refractivity contribution in [1.82, 2.24) is 9.97 Å². The van der Waals surface area contributed by atoms with Gasteiger partial charge >= 0.3 is 0 Å². The number of ketones is 1. The molecular weight excluding hydrogens is 222 g/mol. The molecule has 2 aromatic heterocycles. The van der Waals surface area contributed by atoms with Gasteiger partial charge in [0.1, 0.15) is 0 Å². The lowest BCUT2D eigenvalue weighted by atomic mass is 10.0. The second-order valence-corrected chi connectivity index (χ2v) is 3.93. The van der Waals surface area contributed by atoms with Crippen molar-refractivity contribution in [3.63, 3.8) is 0 Å². The molecule has 2 heterocycles. The van der Waals surface area contributed by atoms with Gasteiger partial charge in [-0.2, -0.15) is 5.26 Å². The quantitative estimate of drug-likeness (QED) is 0.755. The molecule has 0 aliphatic rings. The maximum atomic E-state index is 11.9. The van der Waals surface area contributed by atoms with Gasteiger partial charge in [-0.05, 0) is 12.1 Å². The molecule has 1 unspecified atom stereocenters. The zero-order valence-corrected chi connectivity index (χ0v) is 9.02. The van der Waals surface area contributed by atoms with Gasteiger partial charge in [0.2, 0.25) is 0 Å². The Morgan fingerprint density at radius 3 is 2.94 bits per heavy atom. The Kier molecular flexibility index (Phi) is 3.03. The van der Waals surface area contributed by atoms with Gasteiger partial charge < -0.3 is 0 Å². The number of nitrogens with zero attached hydrogens (tertiary/aromatic N) is 3. The van der Waals surface area contributed by atoms with Crippen LogP contribution in [0.25, 0.3) is 0 Å². The second kappa shape index (κ2) is 4.64. The summed E-state index contributed by atoms with van der Waals surface area (Å²) in [7, 11) is 0. The lowest BCUT2D eigenvalue weighted by molar-refractivity contribution is 0.0981. The molecule has 0 fully saturated rings. The first-order valence-corrected chi connectivity index (χ1v) is 5.44. The van der Waals surface area contributed by atoms with E-state index in [4.69, 9.17) is 5.26 Å². The van der Waals surface area contributed by atoms with Gasteiger partial charge in [-0.15, -0.1) is 11.3 Å². The normalized spacial score (nSPS) is 11.7. The van der Waals surface area contributed by atoms with E-state index in [1.807, 2.05) is 6.07 Å². The number of aromatic nitrogens is 2. The van der Waals surface area contributed by atoms with Crippen molar-refractivity contribution in [1.29, 1.82) is 5.26 Å². The molecule has 0 N–H and O–H groups in total. The van der Waals surface area contributed by atoms with Crippen molar-refractivity contribution in [3.05, 3.63) is 46.7 Å². The number of nitriles is 1. The van der Waals surface area contributed by atoms with Gasteiger partial charge in [-0.25, -0.2) is 0 Å². The molecule has 16 heavy (non-hydrogen) atoms. The molecule has 0 amide bonds. The number of carbonyl (C=O) groups excluding carboxylic acids is 1. The highest BCUT2D eigenvalue weighted by Crippen LogP contribution is 2.20. The molecule has 0 aliphatic carbocycles. The average Bonchev–Trinajstić information content (AvgIpc) is 2.85. The van der Waals surface area contributed by atoms with E-state index in [-0.39, 0.29) is 5.78 Å². The minimum atomic E-state index is -0.846. The summed E-state index contributed by atoms with van der Waals surface area (Å²) in [5, 5.41) is 9.02. The summed E-state index contributed by atoms with van der Waals surface area (Å²) in [6, 6.07) is 7.15. The molecule has 4 nitrogen and oxygen atoms in total. The molecule has 1 atom stereocenters. The van der Waals surface area contributed by atoms with Crippen LogP contribution in [-0.2, 0) is 0 Å². The second-order valence-electron chi connectivity index (χ2n) is 3.05. The maximum Gasteiger partial charge on any atom is 0.197 e. The van der Waals surface area contributed by atoms with E-state index in [0.717, 1.165) is 0 Å². The molecule has 2 rings (SSSR count). The summed E-state index contributed by atoms with van der Waals surface area (Å²) < 4.78 is 0. The third-order valence-electron chi connectivity index (χ3n) is 2.05. The largest absolute Gasteiger partial charge is 0.291 e. The van der Waals surface area contributed by atoms with Crippen LogP contribution in [0.2, 0.25) is 0 Å². The Morgan fingerprint density at radius 2 is 2.38 bits per heavy atom. The van der Waals surface area contributed by atoms with E-state index in [9.17, 15) is 4.79 Å². The first-order valence-electron chi connectivity index (χ1n) is 4.56. The standard InChI is InChI=1S/C11H7N3OS/c12-5-8(9-3-1-2-4-14-9)11(15)10-6-13-7-16-10/h1-4,6-8H. The van der Waals surface area contributed by atoms with Crippen molar-refractivity contribution in [2.75, 3.05) is 0 Å². The molecule has 0 spiro atoms. The maximum absolute atomic E-state index is 11.9. The fraction of sp³-hybridized carbons (Fsp3) is 0.0909. The first kappa shape index (κ1) is 10.5. The molecule has 5 heteroatoms. The zero-order valence-electron chi connectivity index (χ0n) is 8.20. The van der Waals surface area contributed by atoms with Crippen LogP contribution >= 0.6 is 11.3 Å². The van der Waals surface area contributed by atoms with Crippen LogP contribution < -0.4 is 0 Å². The van der Waals surface area contributed by atoms with Crippen LogP contribution in [0.15, 0.2) is 36.1 Å². The molecule has 0 bridgehead atoms. The summed E-state index contributed by atoms with van der Waals surface area (Å²) in [4.78, 5) is 20.3. The number of thiazole rings is 1. The summed E-state index contributed by atoms with van der Waals surface area (Å²) in [5.41, 5.74) is 2.04. The van der Waals surface area contributed by atoms with Crippen LogP contribution in [0.1, 0.15) is 21.3 Å². The Morgan fingerprint density at radius 1 is 1.50 bits per heavy atom. The van der Waals surface area contributed by atoms with Crippen LogP contribution in [0.4, 0.5) is 0 Å².